The van der Waals surface area contributed by atoms with Gasteiger partial charge in [0.05, 0.1) is 23.3 Å². The SMILES string of the molecule is CN(Cc1cnn(C)c1)C(=O)c1ccc2c(c1)nc(N1CC[C@H](O)C1)n2C. The molecule has 142 valence electrons. The normalized spacial score (nSPS) is 17.0. The molecule has 27 heavy (non-hydrogen) atoms. The van der Waals surface area contributed by atoms with Crippen molar-refractivity contribution in [2.45, 2.75) is 19.1 Å². The molecule has 8 nitrogen and oxygen atoms in total. The summed E-state index contributed by atoms with van der Waals surface area (Å²) in [6.07, 6.45) is 4.12. The van der Waals surface area contributed by atoms with Crippen molar-refractivity contribution in [1.82, 2.24) is 24.2 Å². The first kappa shape index (κ1) is 17.5. The molecule has 1 fully saturated rings. The van der Waals surface area contributed by atoms with Gasteiger partial charge in [0.25, 0.3) is 5.91 Å². The maximum atomic E-state index is 12.8. The molecule has 1 N–H and O–H groups in total. The van der Waals surface area contributed by atoms with Gasteiger partial charge >= 0.3 is 0 Å². The van der Waals surface area contributed by atoms with E-state index in [1.165, 1.54) is 0 Å². The van der Waals surface area contributed by atoms with Gasteiger partial charge in [-0.25, -0.2) is 4.98 Å². The molecule has 1 aliphatic heterocycles. The van der Waals surface area contributed by atoms with Crippen molar-refractivity contribution in [3.8, 4) is 0 Å². The number of benzene rings is 1. The van der Waals surface area contributed by atoms with Crippen molar-refractivity contribution in [3.63, 3.8) is 0 Å². The number of carbonyl (C=O) groups excluding carboxylic acids is 1. The summed E-state index contributed by atoms with van der Waals surface area (Å²) in [6.45, 7) is 1.89. The van der Waals surface area contributed by atoms with Crippen molar-refractivity contribution in [3.05, 3.63) is 41.7 Å². The molecular formula is C19H24N6O2. The molecule has 1 aromatic carbocycles. The fraction of sp³-hybridized carbons (Fsp3) is 0.421. The van der Waals surface area contributed by atoms with Gasteiger partial charge in [-0.1, -0.05) is 0 Å². The van der Waals surface area contributed by atoms with Crippen LogP contribution in [0.4, 0.5) is 5.95 Å². The molecule has 1 saturated heterocycles. The smallest absolute Gasteiger partial charge is 0.253 e. The number of imidazole rings is 1. The molecule has 0 radical (unpaired) electrons. The molecule has 3 heterocycles. The maximum absolute atomic E-state index is 12.8. The minimum atomic E-state index is -0.303. The van der Waals surface area contributed by atoms with Crippen LogP contribution >= 0.6 is 0 Å². The molecule has 2 aromatic heterocycles. The Balaban J connectivity index is 1.58. The Morgan fingerprint density at radius 3 is 2.85 bits per heavy atom. The van der Waals surface area contributed by atoms with Crippen molar-refractivity contribution in [2.75, 3.05) is 25.0 Å². The first-order valence-electron chi connectivity index (χ1n) is 9.05. The summed E-state index contributed by atoms with van der Waals surface area (Å²) in [7, 11) is 5.61. The Kier molecular flexibility index (Phi) is 4.35. The lowest BCUT2D eigenvalue weighted by molar-refractivity contribution is 0.0785. The quantitative estimate of drug-likeness (QED) is 0.747. The van der Waals surface area contributed by atoms with E-state index in [1.807, 2.05) is 43.1 Å². The predicted octanol–water partition coefficient (Wildman–Crippen LogP) is 1.15. The van der Waals surface area contributed by atoms with Gasteiger partial charge < -0.3 is 19.5 Å². The topological polar surface area (TPSA) is 79.4 Å². The van der Waals surface area contributed by atoms with E-state index in [0.717, 1.165) is 35.5 Å². The van der Waals surface area contributed by atoms with Gasteiger partial charge in [0.15, 0.2) is 0 Å². The monoisotopic (exact) mass is 368 g/mol. The number of β-amino-alcohol motifs (C(OH)–C–C–N with tert-alkyl or cyclic N) is 1. The molecule has 0 unspecified atom stereocenters. The van der Waals surface area contributed by atoms with E-state index < -0.39 is 0 Å². The highest BCUT2D eigenvalue weighted by molar-refractivity contribution is 5.97. The largest absolute Gasteiger partial charge is 0.391 e. The Morgan fingerprint density at radius 1 is 1.37 bits per heavy atom. The lowest BCUT2D eigenvalue weighted by Gasteiger charge is -2.16. The Hall–Kier alpha value is -2.87. The fourth-order valence-corrected chi connectivity index (χ4v) is 3.65. The number of carbonyl (C=O) groups is 1. The fourth-order valence-electron chi connectivity index (χ4n) is 3.65. The summed E-state index contributed by atoms with van der Waals surface area (Å²) in [5.41, 5.74) is 3.36. The second kappa shape index (κ2) is 6.70. The molecule has 1 amide bonds. The third kappa shape index (κ3) is 3.28. The van der Waals surface area contributed by atoms with Gasteiger partial charge in [0.2, 0.25) is 5.95 Å². The van der Waals surface area contributed by atoms with E-state index in [0.29, 0.717) is 18.7 Å². The molecule has 0 saturated carbocycles. The zero-order valence-corrected chi connectivity index (χ0v) is 15.8. The van der Waals surface area contributed by atoms with Crippen LogP contribution in [0.5, 0.6) is 0 Å². The molecule has 4 rings (SSSR count). The number of nitrogens with zero attached hydrogens (tertiary/aromatic N) is 6. The molecular weight excluding hydrogens is 344 g/mol. The number of aliphatic hydroxyl groups is 1. The second-order valence-electron chi connectivity index (χ2n) is 7.25. The van der Waals surface area contributed by atoms with E-state index >= 15 is 0 Å². The standard InChI is InChI=1S/C19H24N6O2/c1-22(10-13-9-20-23(2)11-13)18(27)14-4-5-17-16(8-14)21-19(24(17)3)25-7-6-15(26)12-25/h4-5,8-9,11,15,26H,6-7,10,12H2,1-3H3/t15-/m0/s1. The zero-order valence-electron chi connectivity index (χ0n) is 15.8. The maximum Gasteiger partial charge on any atom is 0.253 e. The lowest BCUT2D eigenvalue weighted by atomic mass is 10.1. The number of aryl methyl sites for hydroxylation is 2. The highest BCUT2D eigenvalue weighted by atomic mass is 16.3. The highest BCUT2D eigenvalue weighted by Gasteiger charge is 2.24. The predicted molar refractivity (Wildman–Crippen MR) is 103 cm³/mol. The molecule has 0 spiro atoms. The number of amides is 1. The van der Waals surface area contributed by atoms with Crippen LogP contribution in [-0.4, -0.2) is 61.5 Å². The van der Waals surface area contributed by atoms with Crippen molar-refractivity contribution in [1.29, 1.82) is 0 Å². The van der Waals surface area contributed by atoms with E-state index in [-0.39, 0.29) is 12.0 Å². The number of anilines is 1. The minimum Gasteiger partial charge on any atom is -0.391 e. The van der Waals surface area contributed by atoms with E-state index in [1.54, 1.807) is 22.8 Å². The van der Waals surface area contributed by atoms with E-state index in [9.17, 15) is 9.90 Å². The van der Waals surface area contributed by atoms with Gasteiger partial charge in [-0.05, 0) is 24.6 Å². The Bertz CT molecular complexity index is 991. The number of aliphatic hydroxyl groups excluding tert-OH is 1. The molecule has 8 heteroatoms. The first-order valence-corrected chi connectivity index (χ1v) is 9.05. The van der Waals surface area contributed by atoms with Crippen molar-refractivity contribution >= 4 is 22.9 Å². The Morgan fingerprint density at radius 2 is 2.19 bits per heavy atom. The number of hydrogen-bond donors (Lipinski definition) is 1. The molecule has 3 aromatic rings. The third-order valence-corrected chi connectivity index (χ3v) is 5.08. The van der Waals surface area contributed by atoms with Gasteiger partial charge in [-0.15, -0.1) is 0 Å². The number of aromatic nitrogens is 4. The Labute approximate surface area is 157 Å². The second-order valence-corrected chi connectivity index (χ2v) is 7.25. The zero-order chi connectivity index (χ0) is 19.1. The van der Waals surface area contributed by atoms with Crippen molar-refractivity contribution < 1.29 is 9.90 Å². The molecule has 0 aliphatic carbocycles. The lowest BCUT2D eigenvalue weighted by Crippen LogP contribution is -2.26. The van der Waals surface area contributed by atoms with Crippen LogP contribution in [0.25, 0.3) is 11.0 Å². The van der Waals surface area contributed by atoms with Crippen LogP contribution < -0.4 is 4.90 Å². The van der Waals surface area contributed by atoms with Crippen LogP contribution in [0.2, 0.25) is 0 Å². The molecule has 1 atom stereocenters. The average molecular weight is 368 g/mol. The molecule has 1 aliphatic rings. The van der Waals surface area contributed by atoms with E-state index in [2.05, 4.69) is 10.00 Å². The summed E-state index contributed by atoms with van der Waals surface area (Å²) in [6, 6.07) is 5.62. The number of hydrogen-bond acceptors (Lipinski definition) is 5. The highest BCUT2D eigenvalue weighted by Crippen LogP contribution is 2.25. The number of rotatable bonds is 4. The number of fused-ring (bicyclic) bond motifs is 1. The van der Waals surface area contributed by atoms with Gasteiger partial charge in [0.1, 0.15) is 0 Å². The summed E-state index contributed by atoms with van der Waals surface area (Å²) in [4.78, 5) is 21.3. The summed E-state index contributed by atoms with van der Waals surface area (Å²) in [5, 5.41) is 13.9. The minimum absolute atomic E-state index is 0.0513. The van der Waals surface area contributed by atoms with E-state index in [4.69, 9.17) is 4.98 Å². The van der Waals surface area contributed by atoms with Crippen LogP contribution in [0.1, 0.15) is 22.3 Å². The van der Waals surface area contributed by atoms with Crippen LogP contribution in [0.15, 0.2) is 30.6 Å². The van der Waals surface area contributed by atoms with Gasteiger partial charge in [-0.2, -0.15) is 5.10 Å². The van der Waals surface area contributed by atoms with Crippen LogP contribution in [0.3, 0.4) is 0 Å². The average Bonchev–Trinajstić information content (AvgIpc) is 3.33. The first-order chi connectivity index (χ1) is 12.9. The van der Waals surface area contributed by atoms with Crippen LogP contribution in [-0.2, 0) is 20.6 Å². The van der Waals surface area contributed by atoms with Crippen molar-refractivity contribution in [2.24, 2.45) is 14.1 Å². The van der Waals surface area contributed by atoms with Gasteiger partial charge in [0, 0.05) is 58.1 Å². The summed E-state index contributed by atoms with van der Waals surface area (Å²) < 4.78 is 3.74. The summed E-state index contributed by atoms with van der Waals surface area (Å²) >= 11 is 0. The third-order valence-electron chi connectivity index (χ3n) is 5.08. The van der Waals surface area contributed by atoms with Crippen LogP contribution in [0, 0.1) is 0 Å². The summed E-state index contributed by atoms with van der Waals surface area (Å²) in [5.74, 6) is 0.777. The van der Waals surface area contributed by atoms with Gasteiger partial charge in [-0.3, -0.25) is 9.48 Å². The molecule has 0 bridgehead atoms.